The highest BCUT2D eigenvalue weighted by atomic mass is 32.2. The third-order valence-corrected chi connectivity index (χ3v) is 6.65. The first-order valence-corrected chi connectivity index (χ1v) is 17.1. The minimum Gasteiger partial charge on any atom is -0.409 e. The lowest BCUT2D eigenvalue weighted by atomic mass is 9.91. The summed E-state index contributed by atoms with van der Waals surface area (Å²) in [5.74, 6) is 3.38. The number of anilines is 1. The van der Waals surface area contributed by atoms with E-state index in [1.54, 1.807) is 5.51 Å². The molecule has 0 atom stereocenters. The zero-order chi connectivity index (χ0) is 35.5. The third kappa shape index (κ3) is 31.2. The van der Waals surface area contributed by atoms with Crippen molar-refractivity contribution in [2.24, 2.45) is 43.4 Å². The summed E-state index contributed by atoms with van der Waals surface area (Å²) in [6.45, 7) is 26.7. The molecule has 0 aliphatic carbocycles. The largest absolute Gasteiger partial charge is 0.409 e. The molecule has 12 nitrogen and oxygen atoms in total. The molecule has 1 aliphatic heterocycles. The van der Waals surface area contributed by atoms with Crippen LogP contribution < -0.4 is 16.8 Å². The Hall–Kier alpha value is -2.61. The number of thioether (sulfide) groups is 1. The van der Waals surface area contributed by atoms with Gasteiger partial charge in [0.2, 0.25) is 16.9 Å². The lowest BCUT2D eigenvalue weighted by Gasteiger charge is -2.29. The number of carbonyl (C=O) groups is 2. The third-order valence-electron chi connectivity index (χ3n) is 5.10. The Morgan fingerprint density at radius 1 is 0.867 bits per heavy atom. The molecule has 2 rings (SSSR count). The molecule has 2 amide bonds. The molecule has 0 bridgehead atoms. The highest BCUT2D eigenvalue weighted by molar-refractivity contribution is 7.99. The normalized spacial score (nSPS) is 14.5. The van der Waals surface area contributed by atoms with E-state index in [1.165, 1.54) is 18.4 Å². The summed E-state index contributed by atoms with van der Waals surface area (Å²) in [4.78, 5) is 29.6. The van der Waals surface area contributed by atoms with Gasteiger partial charge < -0.3 is 31.7 Å². The van der Waals surface area contributed by atoms with Crippen LogP contribution in [0, 0.1) is 21.7 Å². The molecular weight excluding hydrogens is 613 g/mol. The molecule has 2 heterocycles. The molecule has 1 saturated heterocycles. The van der Waals surface area contributed by atoms with Crippen LogP contribution in [0.2, 0.25) is 0 Å². The van der Waals surface area contributed by atoms with Crippen LogP contribution in [0.3, 0.4) is 0 Å². The van der Waals surface area contributed by atoms with Crippen LogP contribution >= 0.6 is 23.1 Å². The van der Waals surface area contributed by atoms with E-state index in [0.717, 1.165) is 31.0 Å². The molecule has 14 heteroatoms. The van der Waals surface area contributed by atoms with Gasteiger partial charge in [0.15, 0.2) is 0 Å². The number of rotatable bonds is 6. The molecule has 1 aromatic rings. The maximum Gasteiger partial charge on any atom is 0.226 e. The topological polar surface area (TPSA) is 181 Å². The summed E-state index contributed by atoms with van der Waals surface area (Å²) in [6.07, 6.45) is 2.56. The van der Waals surface area contributed by atoms with Crippen molar-refractivity contribution in [3.05, 3.63) is 5.51 Å². The van der Waals surface area contributed by atoms with Gasteiger partial charge in [0.1, 0.15) is 24.3 Å². The number of hydrogen-bond donors (Lipinski definition) is 4. The van der Waals surface area contributed by atoms with Crippen molar-refractivity contribution in [3.63, 3.8) is 0 Å². The number of nitrogens with two attached hydrogens (primary N) is 2. The van der Waals surface area contributed by atoms with Crippen LogP contribution in [0.25, 0.3) is 0 Å². The zero-order valence-corrected chi connectivity index (χ0v) is 31.7. The molecule has 0 saturated carbocycles. The van der Waals surface area contributed by atoms with Crippen LogP contribution in [-0.4, -0.2) is 75.5 Å². The van der Waals surface area contributed by atoms with E-state index in [-0.39, 0.29) is 27.6 Å². The second-order valence-electron chi connectivity index (χ2n) is 15.6. The van der Waals surface area contributed by atoms with Crippen LogP contribution in [0.15, 0.2) is 15.8 Å². The van der Waals surface area contributed by atoms with Crippen LogP contribution in [0.5, 0.6) is 0 Å². The Labute approximate surface area is 280 Å². The fourth-order valence-corrected chi connectivity index (χ4v) is 4.89. The number of amides is 2. The van der Waals surface area contributed by atoms with E-state index >= 15 is 0 Å². The van der Waals surface area contributed by atoms with E-state index in [2.05, 4.69) is 72.2 Å². The van der Waals surface area contributed by atoms with Crippen molar-refractivity contribution >= 4 is 51.7 Å². The molecular formula is C31H62N8O4S2. The van der Waals surface area contributed by atoms with Gasteiger partial charge in [-0.25, -0.2) is 0 Å². The van der Waals surface area contributed by atoms with Gasteiger partial charge in [0, 0.05) is 50.3 Å². The predicted molar refractivity (Wildman–Crippen MR) is 191 cm³/mol. The second-order valence-corrected chi connectivity index (χ2v) is 17.6. The molecule has 45 heavy (non-hydrogen) atoms. The van der Waals surface area contributed by atoms with E-state index in [4.69, 9.17) is 16.7 Å². The fourth-order valence-electron chi connectivity index (χ4n) is 3.52. The number of carbonyl (C=O) groups excluding carboxylic acids is 2. The summed E-state index contributed by atoms with van der Waals surface area (Å²) < 4.78 is 0. The van der Waals surface area contributed by atoms with Gasteiger partial charge in [0.05, 0.1) is 0 Å². The fraction of sp³-hybridized carbons (Fsp3) is 0.806. The monoisotopic (exact) mass is 674 g/mol. The highest BCUT2D eigenvalue weighted by Gasteiger charge is 2.22. The lowest BCUT2D eigenvalue weighted by Crippen LogP contribution is -2.39. The molecule has 0 aromatic carbocycles. The molecule has 0 unspecified atom stereocenters. The van der Waals surface area contributed by atoms with Crippen LogP contribution in [-0.2, 0) is 14.4 Å². The SMILES string of the molecule is CC(C)(C)C/C(N)=N/O.CC(C)(C)CC(=O)N1CCSCC1.CC(C)(C)CC(=O)Nc1nncs1.CO/N=C(\N)CC(C)(C)C. The second kappa shape index (κ2) is 21.2. The van der Waals surface area contributed by atoms with Crippen LogP contribution in [0.4, 0.5) is 5.13 Å². The standard InChI is InChI=1S/C10H19NOS.C8H13N3OS.C7H16N2O.C6H14N2O/c1-10(2,3)8-9(12)11-4-6-13-7-5-11;1-8(2,3)4-6(12)10-7-11-9-5-13-7;1-7(2,3)5-6(8)9-10-4;1-6(2,3)4-5(7)8-9/h4-8H2,1-3H3;5H,4H2,1-3H3,(H,10,11,12);5H2,1-4H3,(H2,8,9);9H,4H2,1-3H3,(H2,7,8). The van der Waals surface area contributed by atoms with Crippen molar-refractivity contribution in [1.82, 2.24) is 15.1 Å². The van der Waals surface area contributed by atoms with Crippen molar-refractivity contribution < 1.29 is 19.6 Å². The summed E-state index contributed by atoms with van der Waals surface area (Å²) in [5.41, 5.74) is 12.8. The Balaban J connectivity index is 0. The minimum atomic E-state index is -0.00995. The van der Waals surface area contributed by atoms with E-state index < -0.39 is 0 Å². The molecule has 262 valence electrons. The number of aromatic nitrogens is 2. The summed E-state index contributed by atoms with van der Waals surface area (Å²) in [5, 5.41) is 25.2. The number of nitrogens with one attached hydrogen (secondary N) is 1. The summed E-state index contributed by atoms with van der Waals surface area (Å²) in [7, 11) is 1.50. The van der Waals surface area contributed by atoms with Gasteiger partial charge in [-0.3, -0.25) is 9.59 Å². The average Bonchev–Trinajstić information content (AvgIpc) is 3.34. The van der Waals surface area contributed by atoms with Gasteiger partial charge in [-0.2, -0.15) is 11.8 Å². The van der Waals surface area contributed by atoms with Gasteiger partial charge in [-0.15, -0.1) is 10.2 Å². The number of hydrogen-bond acceptors (Lipinski definition) is 10. The smallest absolute Gasteiger partial charge is 0.226 e. The van der Waals surface area contributed by atoms with Crippen molar-refractivity contribution in [2.75, 3.05) is 37.0 Å². The van der Waals surface area contributed by atoms with Gasteiger partial charge in [0.25, 0.3) is 0 Å². The van der Waals surface area contributed by atoms with Gasteiger partial charge >= 0.3 is 0 Å². The first kappa shape index (κ1) is 44.5. The van der Waals surface area contributed by atoms with Crippen molar-refractivity contribution in [3.8, 4) is 0 Å². The summed E-state index contributed by atoms with van der Waals surface area (Å²) >= 11 is 3.26. The first-order chi connectivity index (χ1) is 20.4. The number of nitrogens with zero attached hydrogens (tertiary/aromatic N) is 5. The van der Waals surface area contributed by atoms with Gasteiger partial charge in [-0.05, 0) is 21.7 Å². The Kier molecular flexibility index (Phi) is 21.0. The highest BCUT2D eigenvalue weighted by Crippen LogP contribution is 2.22. The number of oxime groups is 2. The van der Waals surface area contributed by atoms with E-state index in [1.807, 2.05) is 58.2 Å². The lowest BCUT2D eigenvalue weighted by molar-refractivity contribution is -0.132. The van der Waals surface area contributed by atoms with Crippen molar-refractivity contribution in [1.29, 1.82) is 0 Å². The molecule has 0 spiro atoms. The maximum absolute atomic E-state index is 11.7. The Bertz CT molecular complexity index is 1010. The van der Waals surface area contributed by atoms with Crippen LogP contribution in [0.1, 0.15) is 109 Å². The molecule has 0 radical (unpaired) electrons. The minimum absolute atomic E-state index is 0.00870. The Morgan fingerprint density at radius 3 is 1.69 bits per heavy atom. The molecule has 1 fully saturated rings. The zero-order valence-electron chi connectivity index (χ0n) is 30.1. The average molecular weight is 675 g/mol. The molecule has 6 N–H and O–H groups in total. The predicted octanol–water partition coefficient (Wildman–Crippen LogP) is 6.42. The van der Waals surface area contributed by atoms with Crippen molar-refractivity contribution in [2.45, 2.75) is 109 Å². The number of amidine groups is 2. The van der Waals surface area contributed by atoms with Gasteiger partial charge in [-0.1, -0.05) is 105 Å². The quantitative estimate of drug-likeness (QED) is 0.115. The first-order valence-electron chi connectivity index (χ1n) is 15.1. The maximum atomic E-state index is 11.7. The molecule has 1 aliphatic rings. The van der Waals surface area contributed by atoms with E-state index in [0.29, 0.717) is 42.0 Å². The Morgan fingerprint density at radius 2 is 1.33 bits per heavy atom. The summed E-state index contributed by atoms with van der Waals surface area (Å²) in [6, 6.07) is 0. The van der Waals surface area contributed by atoms with E-state index in [9.17, 15) is 9.59 Å². The molecule has 1 aromatic heterocycles.